The van der Waals surface area contributed by atoms with Gasteiger partial charge in [-0.25, -0.2) is 14.5 Å². The van der Waals surface area contributed by atoms with Gasteiger partial charge in [-0.15, -0.1) is 0 Å². The maximum atomic E-state index is 13.8. The predicted octanol–water partition coefficient (Wildman–Crippen LogP) is 3.62. The number of benzene rings is 1. The lowest BCUT2D eigenvalue weighted by molar-refractivity contribution is 0.0829. The summed E-state index contributed by atoms with van der Waals surface area (Å²) < 4.78 is 3.09. The highest BCUT2D eigenvalue weighted by Crippen LogP contribution is 2.41. The Morgan fingerprint density at radius 3 is 2.73 bits per heavy atom. The molecular weight excluding hydrogens is 492 g/mol. The van der Waals surface area contributed by atoms with Gasteiger partial charge in [-0.2, -0.15) is 5.10 Å². The quantitative estimate of drug-likeness (QED) is 0.367. The zero-order chi connectivity index (χ0) is 25.8. The molecular formula is C26H23ClN8O2. The molecule has 0 bridgehead atoms. The van der Waals surface area contributed by atoms with Crippen LogP contribution >= 0.6 is 11.6 Å². The van der Waals surface area contributed by atoms with Crippen molar-refractivity contribution < 1.29 is 4.79 Å². The molecule has 5 heterocycles. The Balaban J connectivity index is 1.61. The van der Waals surface area contributed by atoms with Crippen LogP contribution in [0.1, 0.15) is 28.6 Å². The Morgan fingerprint density at radius 2 is 1.97 bits per heavy atom. The van der Waals surface area contributed by atoms with Crippen LogP contribution in [-0.4, -0.2) is 60.6 Å². The molecule has 1 saturated heterocycles. The summed E-state index contributed by atoms with van der Waals surface area (Å²) in [7, 11) is 3.40. The number of halogens is 1. The second-order valence-electron chi connectivity index (χ2n) is 9.12. The Morgan fingerprint density at radius 1 is 1.19 bits per heavy atom. The summed E-state index contributed by atoms with van der Waals surface area (Å²) in [5.74, 6) is 0.875. The molecule has 0 aliphatic carbocycles. The standard InChI is InChI=1S/C26H23ClN8O2/c1-15-9-11-33(23-19-17(25(36)32(2)3)13-28-22(19)29-14-30-23)20(15)24-31-34-12-10-18(27)21(34)26(37)35(24)16-7-5-4-6-8-16/h4-8,10,12-14,20H,1,9,11H2,2-3H3,(H,28,29,30)/t20-/m0/s1. The molecule has 1 aliphatic rings. The smallest absolute Gasteiger partial charge is 0.284 e. The van der Waals surface area contributed by atoms with Crippen molar-refractivity contribution in [2.24, 2.45) is 0 Å². The first-order valence-electron chi connectivity index (χ1n) is 11.7. The number of fused-ring (bicyclic) bond motifs is 2. The van der Waals surface area contributed by atoms with Crippen LogP contribution in [0.2, 0.25) is 5.02 Å². The molecule has 1 aromatic carbocycles. The molecule has 1 fully saturated rings. The zero-order valence-corrected chi connectivity index (χ0v) is 21.0. The van der Waals surface area contributed by atoms with Gasteiger partial charge in [-0.3, -0.25) is 14.2 Å². The number of nitrogens with one attached hydrogen (secondary N) is 1. The number of carbonyl (C=O) groups is 1. The second kappa shape index (κ2) is 8.59. The SMILES string of the molecule is C=C1CCN(c2ncnc3[nH]cc(C(=O)N(C)C)c23)[C@@H]1c1nn2ccc(Cl)c2c(=O)n1-c1ccccc1. The number of nitrogens with zero attached hydrogens (tertiary/aromatic N) is 7. The third kappa shape index (κ3) is 3.52. The summed E-state index contributed by atoms with van der Waals surface area (Å²) in [5, 5.41) is 5.80. The maximum Gasteiger partial charge on any atom is 0.284 e. The summed E-state index contributed by atoms with van der Waals surface area (Å²) in [5.41, 5.74) is 2.55. The van der Waals surface area contributed by atoms with E-state index in [9.17, 15) is 9.59 Å². The van der Waals surface area contributed by atoms with Crippen molar-refractivity contribution >= 4 is 39.9 Å². The van der Waals surface area contributed by atoms with Gasteiger partial charge < -0.3 is 14.8 Å². The van der Waals surface area contributed by atoms with Gasteiger partial charge in [0.05, 0.1) is 21.7 Å². The van der Waals surface area contributed by atoms with Crippen LogP contribution in [0.5, 0.6) is 0 Å². The lowest BCUT2D eigenvalue weighted by atomic mass is 10.1. The monoisotopic (exact) mass is 514 g/mol. The Hall–Kier alpha value is -4.44. The first kappa shape index (κ1) is 23.0. The van der Waals surface area contributed by atoms with Crippen LogP contribution in [0.4, 0.5) is 5.82 Å². The molecule has 1 amide bonds. The number of H-pyrrole nitrogens is 1. The van der Waals surface area contributed by atoms with Crippen LogP contribution < -0.4 is 10.5 Å². The molecule has 186 valence electrons. The highest BCUT2D eigenvalue weighted by atomic mass is 35.5. The Bertz CT molecular complexity index is 1750. The van der Waals surface area contributed by atoms with E-state index >= 15 is 0 Å². The van der Waals surface area contributed by atoms with Gasteiger partial charge in [0.25, 0.3) is 11.5 Å². The van der Waals surface area contributed by atoms with Crippen LogP contribution in [-0.2, 0) is 0 Å². The largest absolute Gasteiger partial charge is 0.345 e. The normalized spacial score (nSPS) is 15.7. The number of aromatic amines is 1. The minimum atomic E-state index is -0.492. The molecule has 11 heteroatoms. The fourth-order valence-corrected chi connectivity index (χ4v) is 5.15. The third-order valence-corrected chi connectivity index (χ3v) is 6.96. The molecule has 0 spiro atoms. The second-order valence-corrected chi connectivity index (χ2v) is 9.53. The van der Waals surface area contributed by atoms with Gasteiger partial charge in [0.1, 0.15) is 29.4 Å². The number of rotatable bonds is 4. The average molecular weight is 515 g/mol. The summed E-state index contributed by atoms with van der Waals surface area (Å²) in [6, 6.07) is 10.5. The van der Waals surface area contributed by atoms with Crippen molar-refractivity contribution in [3.8, 4) is 5.69 Å². The minimum Gasteiger partial charge on any atom is -0.345 e. The first-order valence-corrected chi connectivity index (χ1v) is 12.1. The minimum absolute atomic E-state index is 0.167. The van der Waals surface area contributed by atoms with Gasteiger partial charge in [0.15, 0.2) is 5.82 Å². The zero-order valence-electron chi connectivity index (χ0n) is 20.2. The molecule has 6 rings (SSSR count). The van der Waals surface area contributed by atoms with E-state index in [2.05, 4.69) is 21.5 Å². The van der Waals surface area contributed by atoms with E-state index < -0.39 is 6.04 Å². The number of hydrogen-bond donors (Lipinski definition) is 1. The molecule has 0 radical (unpaired) electrons. The molecule has 1 N–H and O–H groups in total. The molecule has 37 heavy (non-hydrogen) atoms. The van der Waals surface area contributed by atoms with E-state index in [4.69, 9.17) is 16.7 Å². The predicted molar refractivity (Wildman–Crippen MR) is 142 cm³/mol. The van der Waals surface area contributed by atoms with Crippen molar-refractivity contribution in [3.05, 3.63) is 94.0 Å². The Labute approximate surface area is 216 Å². The van der Waals surface area contributed by atoms with Crippen molar-refractivity contribution in [2.45, 2.75) is 12.5 Å². The van der Waals surface area contributed by atoms with E-state index in [0.717, 1.165) is 5.57 Å². The van der Waals surface area contributed by atoms with E-state index in [1.165, 1.54) is 15.7 Å². The van der Waals surface area contributed by atoms with Crippen LogP contribution in [0, 0.1) is 0 Å². The molecule has 10 nitrogen and oxygen atoms in total. The van der Waals surface area contributed by atoms with E-state index in [1.807, 2.05) is 35.2 Å². The lowest BCUT2D eigenvalue weighted by Gasteiger charge is -2.28. The average Bonchev–Trinajstić information content (AvgIpc) is 3.60. The number of para-hydroxylation sites is 1. The molecule has 1 atom stereocenters. The molecule has 1 aliphatic heterocycles. The number of amides is 1. The van der Waals surface area contributed by atoms with Gasteiger partial charge in [0, 0.05) is 33.0 Å². The summed E-state index contributed by atoms with van der Waals surface area (Å²) in [6.07, 6.45) is 5.44. The maximum absolute atomic E-state index is 13.8. The summed E-state index contributed by atoms with van der Waals surface area (Å²) >= 11 is 6.37. The Kier molecular flexibility index (Phi) is 5.34. The van der Waals surface area contributed by atoms with Gasteiger partial charge in [-0.05, 0) is 30.2 Å². The summed E-state index contributed by atoms with van der Waals surface area (Å²) in [6.45, 7) is 4.91. The molecule has 0 saturated carbocycles. The van der Waals surface area contributed by atoms with E-state index in [-0.39, 0.29) is 11.5 Å². The van der Waals surface area contributed by atoms with Gasteiger partial charge >= 0.3 is 0 Å². The number of aromatic nitrogens is 6. The highest BCUT2D eigenvalue weighted by molar-refractivity contribution is 6.33. The van der Waals surface area contributed by atoms with Crippen molar-refractivity contribution in [2.75, 3.05) is 25.5 Å². The topological polar surface area (TPSA) is 104 Å². The van der Waals surface area contributed by atoms with Gasteiger partial charge in [0.2, 0.25) is 0 Å². The van der Waals surface area contributed by atoms with Crippen LogP contribution in [0.25, 0.3) is 22.2 Å². The van der Waals surface area contributed by atoms with Crippen molar-refractivity contribution in [1.82, 2.24) is 34.0 Å². The van der Waals surface area contributed by atoms with Crippen LogP contribution in [0.3, 0.4) is 0 Å². The van der Waals surface area contributed by atoms with Crippen LogP contribution in [0.15, 0.2) is 72.1 Å². The van der Waals surface area contributed by atoms with Crippen molar-refractivity contribution in [3.63, 3.8) is 0 Å². The molecule has 4 aromatic heterocycles. The van der Waals surface area contributed by atoms with E-state index in [1.54, 1.807) is 37.1 Å². The van der Waals surface area contributed by atoms with Crippen molar-refractivity contribution in [1.29, 1.82) is 0 Å². The van der Waals surface area contributed by atoms with E-state index in [0.29, 0.717) is 57.4 Å². The number of hydrogen-bond acceptors (Lipinski definition) is 6. The molecule has 0 unspecified atom stereocenters. The first-order chi connectivity index (χ1) is 17.9. The highest BCUT2D eigenvalue weighted by Gasteiger charge is 2.37. The fraction of sp³-hybridized carbons (Fsp3) is 0.192. The molecule has 5 aromatic rings. The fourth-order valence-electron chi connectivity index (χ4n) is 4.93. The number of carbonyl (C=O) groups excluding carboxylic acids is 1. The lowest BCUT2D eigenvalue weighted by Crippen LogP contribution is -2.34. The third-order valence-electron chi connectivity index (χ3n) is 6.65. The van der Waals surface area contributed by atoms with Gasteiger partial charge in [-0.1, -0.05) is 36.4 Å². The summed E-state index contributed by atoms with van der Waals surface area (Å²) in [4.78, 5) is 42.4. The number of anilines is 1.